The molecular formula is C22H20FN5O3. The maximum atomic E-state index is 14.5. The van der Waals surface area contributed by atoms with Crippen molar-refractivity contribution >= 4 is 0 Å². The van der Waals surface area contributed by atoms with E-state index in [1.165, 1.54) is 17.8 Å². The van der Waals surface area contributed by atoms with Gasteiger partial charge in [0, 0.05) is 30.4 Å². The van der Waals surface area contributed by atoms with Gasteiger partial charge in [-0.25, -0.2) is 14.2 Å². The first kappa shape index (κ1) is 20.3. The Morgan fingerprint density at radius 2 is 1.87 bits per heavy atom. The Morgan fingerprint density at radius 1 is 1.06 bits per heavy atom. The lowest BCUT2D eigenvalue weighted by Gasteiger charge is -2.14. The zero-order valence-electron chi connectivity index (χ0n) is 17.2. The van der Waals surface area contributed by atoms with Crippen LogP contribution in [0.15, 0.2) is 59.5 Å². The number of aromatic nitrogens is 5. The standard InChI is InChI=1S/C22H20FN5O3/c1-14-5-4-6-19(28-22(29)27(2)25-26-28)17(14)13-31-20-11-15(7-9-18(20)23)16-8-10-21(30-3)24-12-16/h4-12H,13H2,1-3H3. The van der Waals surface area contributed by atoms with Gasteiger partial charge >= 0.3 is 5.69 Å². The molecule has 0 saturated heterocycles. The summed E-state index contributed by atoms with van der Waals surface area (Å²) in [4.78, 5) is 16.5. The number of hydrogen-bond acceptors (Lipinski definition) is 6. The highest BCUT2D eigenvalue weighted by molar-refractivity contribution is 5.64. The van der Waals surface area contributed by atoms with Crippen molar-refractivity contribution in [3.63, 3.8) is 0 Å². The number of aryl methyl sites for hydroxylation is 2. The molecule has 0 atom stereocenters. The summed E-state index contributed by atoms with van der Waals surface area (Å²) < 4.78 is 27.7. The van der Waals surface area contributed by atoms with Gasteiger partial charge in [-0.3, -0.25) is 0 Å². The van der Waals surface area contributed by atoms with Crippen LogP contribution in [0.5, 0.6) is 11.6 Å². The van der Waals surface area contributed by atoms with E-state index in [2.05, 4.69) is 15.4 Å². The fourth-order valence-corrected chi connectivity index (χ4v) is 3.15. The zero-order valence-corrected chi connectivity index (χ0v) is 17.2. The van der Waals surface area contributed by atoms with Crippen molar-refractivity contribution in [1.29, 1.82) is 0 Å². The Kier molecular flexibility index (Phi) is 5.48. The molecule has 2 heterocycles. The van der Waals surface area contributed by atoms with Crippen molar-refractivity contribution in [2.24, 2.45) is 7.05 Å². The molecule has 0 unspecified atom stereocenters. The maximum absolute atomic E-state index is 14.5. The van der Waals surface area contributed by atoms with E-state index in [9.17, 15) is 9.18 Å². The summed E-state index contributed by atoms with van der Waals surface area (Å²) in [6, 6.07) is 13.6. The molecule has 0 aliphatic rings. The number of benzene rings is 2. The van der Waals surface area contributed by atoms with Gasteiger partial charge in [-0.2, -0.15) is 9.36 Å². The molecule has 0 radical (unpaired) electrons. The summed E-state index contributed by atoms with van der Waals surface area (Å²) in [6.45, 7) is 1.94. The third-order valence-corrected chi connectivity index (χ3v) is 4.92. The normalized spacial score (nSPS) is 10.8. The Bertz CT molecular complexity index is 1280. The maximum Gasteiger partial charge on any atom is 0.368 e. The molecule has 8 nitrogen and oxygen atoms in total. The van der Waals surface area contributed by atoms with Gasteiger partial charge < -0.3 is 9.47 Å². The second-order valence-electron chi connectivity index (χ2n) is 6.89. The van der Waals surface area contributed by atoms with Gasteiger partial charge in [-0.15, -0.1) is 0 Å². The van der Waals surface area contributed by atoms with Crippen LogP contribution in [0.3, 0.4) is 0 Å². The van der Waals surface area contributed by atoms with Crippen LogP contribution in [-0.2, 0) is 13.7 Å². The van der Waals surface area contributed by atoms with Crippen molar-refractivity contribution in [1.82, 2.24) is 24.8 Å². The summed E-state index contributed by atoms with van der Waals surface area (Å²) in [6.07, 6.45) is 1.65. The van der Waals surface area contributed by atoms with Crippen LogP contribution in [0.25, 0.3) is 16.8 Å². The van der Waals surface area contributed by atoms with Crippen LogP contribution in [0.4, 0.5) is 4.39 Å². The van der Waals surface area contributed by atoms with E-state index in [1.807, 2.05) is 25.1 Å². The molecule has 31 heavy (non-hydrogen) atoms. The summed E-state index contributed by atoms with van der Waals surface area (Å²) in [5.41, 5.74) is 3.29. The average molecular weight is 421 g/mol. The van der Waals surface area contributed by atoms with E-state index >= 15 is 0 Å². The Morgan fingerprint density at radius 3 is 2.55 bits per heavy atom. The molecule has 158 valence electrons. The molecule has 2 aromatic heterocycles. The molecule has 4 rings (SSSR count). The van der Waals surface area contributed by atoms with E-state index in [0.29, 0.717) is 17.1 Å². The summed E-state index contributed by atoms with van der Waals surface area (Å²) in [5, 5.41) is 7.65. The predicted octanol–water partition coefficient (Wildman–Crippen LogP) is 3.06. The van der Waals surface area contributed by atoms with E-state index in [0.717, 1.165) is 21.4 Å². The Hall–Kier alpha value is -4.01. The molecule has 0 N–H and O–H groups in total. The number of pyridine rings is 1. The third kappa shape index (κ3) is 4.02. The number of methoxy groups -OCH3 is 1. The van der Waals surface area contributed by atoms with Crippen LogP contribution in [0.1, 0.15) is 11.1 Å². The first-order valence-corrected chi connectivity index (χ1v) is 9.48. The number of halogens is 1. The first-order valence-electron chi connectivity index (χ1n) is 9.48. The van der Waals surface area contributed by atoms with Gasteiger partial charge in [-0.05, 0) is 52.7 Å². The molecule has 0 amide bonds. The number of tetrazole rings is 1. The lowest BCUT2D eigenvalue weighted by molar-refractivity contribution is 0.289. The van der Waals surface area contributed by atoms with Gasteiger partial charge in [0.25, 0.3) is 0 Å². The van der Waals surface area contributed by atoms with E-state index in [4.69, 9.17) is 9.47 Å². The molecule has 0 aliphatic heterocycles. The smallest absolute Gasteiger partial charge is 0.368 e. The highest BCUT2D eigenvalue weighted by Crippen LogP contribution is 2.28. The second-order valence-corrected chi connectivity index (χ2v) is 6.89. The number of hydrogen-bond donors (Lipinski definition) is 0. The van der Waals surface area contributed by atoms with Crippen LogP contribution in [0.2, 0.25) is 0 Å². The number of rotatable bonds is 6. The van der Waals surface area contributed by atoms with Crippen LogP contribution in [-0.4, -0.2) is 31.9 Å². The SMILES string of the molecule is COc1ccc(-c2ccc(F)c(OCc3c(C)cccc3-n3nnn(C)c3=O)c2)cn1. The quantitative estimate of drug-likeness (QED) is 0.476. The highest BCUT2D eigenvalue weighted by Gasteiger charge is 2.15. The lowest BCUT2D eigenvalue weighted by atomic mass is 10.1. The van der Waals surface area contributed by atoms with Crippen molar-refractivity contribution in [3.8, 4) is 28.4 Å². The Labute approximate surface area is 177 Å². The highest BCUT2D eigenvalue weighted by atomic mass is 19.1. The summed E-state index contributed by atoms with van der Waals surface area (Å²) in [7, 11) is 3.06. The summed E-state index contributed by atoms with van der Waals surface area (Å²) >= 11 is 0. The molecule has 0 aliphatic carbocycles. The molecular weight excluding hydrogens is 401 g/mol. The third-order valence-electron chi connectivity index (χ3n) is 4.92. The van der Waals surface area contributed by atoms with Crippen molar-refractivity contribution in [2.75, 3.05) is 7.11 Å². The van der Waals surface area contributed by atoms with Crippen LogP contribution >= 0.6 is 0 Å². The summed E-state index contributed by atoms with van der Waals surface area (Å²) in [5.74, 6) is 0.0970. The minimum absolute atomic E-state index is 0.0479. The monoisotopic (exact) mass is 421 g/mol. The number of nitrogens with zero attached hydrogens (tertiary/aromatic N) is 5. The number of ether oxygens (including phenoxy) is 2. The minimum atomic E-state index is -0.489. The zero-order chi connectivity index (χ0) is 22.0. The van der Waals surface area contributed by atoms with Gasteiger partial charge in [0.1, 0.15) is 6.61 Å². The lowest BCUT2D eigenvalue weighted by Crippen LogP contribution is -2.23. The molecule has 9 heteroatoms. The molecule has 0 fully saturated rings. The van der Waals surface area contributed by atoms with Gasteiger partial charge in [0.15, 0.2) is 11.6 Å². The van der Waals surface area contributed by atoms with Crippen molar-refractivity contribution in [2.45, 2.75) is 13.5 Å². The van der Waals surface area contributed by atoms with E-state index < -0.39 is 5.82 Å². The Balaban J connectivity index is 1.64. The predicted molar refractivity (Wildman–Crippen MR) is 112 cm³/mol. The second kappa shape index (κ2) is 8.39. The average Bonchev–Trinajstić information content (AvgIpc) is 3.12. The van der Waals surface area contributed by atoms with Crippen LogP contribution < -0.4 is 15.2 Å². The molecule has 0 spiro atoms. The first-order chi connectivity index (χ1) is 15.0. The van der Waals surface area contributed by atoms with Crippen molar-refractivity contribution < 1.29 is 13.9 Å². The molecule has 2 aromatic carbocycles. The van der Waals surface area contributed by atoms with Crippen molar-refractivity contribution in [3.05, 3.63) is 82.2 Å². The fourth-order valence-electron chi connectivity index (χ4n) is 3.15. The largest absolute Gasteiger partial charge is 0.486 e. The topological polar surface area (TPSA) is 84.1 Å². The van der Waals surface area contributed by atoms with Gasteiger partial charge in [-0.1, -0.05) is 18.2 Å². The molecule has 4 aromatic rings. The van der Waals surface area contributed by atoms with Gasteiger partial charge in [0.05, 0.1) is 12.8 Å². The minimum Gasteiger partial charge on any atom is -0.486 e. The molecule has 0 bridgehead atoms. The van der Waals surface area contributed by atoms with E-state index in [-0.39, 0.29) is 18.0 Å². The van der Waals surface area contributed by atoms with Crippen LogP contribution in [0, 0.1) is 12.7 Å². The van der Waals surface area contributed by atoms with Gasteiger partial charge in [0.2, 0.25) is 5.88 Å². The fraction of sp³-hybridized carbons (Fsp3) is 0.182. The molecule has 0 saturated carbocycles. The van der Waals surface area contributed by atoms with E-state index in [1.54, 1.807) is 37.6 Å².